The van der Waals surface area contributed by atoms with E-state index in [-0.39, 0.29) is 48.4 Å². The first-order chi connectivity index (χ1) is 37.9. The van der Waals surface area contributed by atoms with E-state index in [4.69, 9.17) is 0 Å². The van der Waals surface area contributed by atoms with Crippen molar-refractivity contribution in [2.45, 2.75) is 13.1 Å². The highest BCUT2D eigenvalue weighted by atomic mass is 19.1. The summed E-state index contributed by atoms with van der Waals surface area (Å²) >= 11 is 0. The van der Waals surface area contributed by atoms with Crippen LogP contribution >= 0.6 is 0 Å². The van der Waals surface area contributed by atoms with Crippen LogP contribution in [0.4, 0.5) is 40.4 Å². The van der Waals surface area contributed by atoms with E-state index in [0.717, 1.165) is 23.5 Å². The molecule has 0 aliphatic carbocycles. The standard InChI is InChI=1S/C59H53F4N13O2/c60-50-31-52(62)48(58(77)75-23-19-73(20-24-75)55-8-4-2-6-42(55)34-65)29-46(50)39-70-13-17-72(18-14-70)56-10-9-40(27-43(56)35-66)45-28-44(36-67)57(68-37-45)74-21-25-76(26-22-74)59(78)49-30-47(51(61)32-53(49)63)38-69-11-15-71(16-12-69)54-7-3-1-5-41(54)33-64/h1-10,27-32,37H,11-26,38-39H2. The Morgan fingerprint density at radius 3 is 1.27 bits per heavy atom. The van der Waals surface area contributed by atoms with Crippen molar-refractivity contribution in [1.82, 2.24) is 24.6 Å². The molecule has 1 aromatic heterocycles. The van der Waals surface area contributed by atoms with Crippen LogP contribution < -0.4 is 19.6 Å². The van der Waals surface area contributed by atoms with Crippen LogP contribution in [-0.4, -0.2) is 141 Å². The molecule has 0 unspecified atom stereocenters. The summed E-state index contributed by atoms with van der Waals surface area (Å²) in [7, 11) is 0. The third kappa shape index (κ3) is 11.0. The highest BCUT2D eigenvalue weighted by molar-refractivity contribution is 5.95. The van der Waals surface area contributed by atoms with Gasteiger partial charge in [-0.05, 0) is 60.2 Å². The smallest absolute Gasteiger partial charge is 0.256 e. The Hall–Kier alpha value is -9.01. The molecule has 6 aromatic rings. The van der Waals surface area contributed by atoms with Gasteiger partial charge >= 0.3 is 0 Å². The number of hydrogen-bond donors (Lipinski definition) is 0. The molecular formula is C59H53F4N13O2. The molecule has 5 heterocycles. The van der Waals surface area contributed by atoms with Crippen molar-refractivity contribution in [2.75, 3.05) is 124 Å². The van der Waals surface area contributed by atoms with Gasteiger partial charge in [-0.1, -0.05) is 30.3 Å². The molecule has 4 aliphatic rings. The maximum absolute atomic E-state index is 15.3. The number of rotatable bonds is 11. The van der Waals surface area contributed by atoms with Gasteiger partial charge in [0, 0.05) is 153 Å². The first-order valence-corrected chi connectivity index (χ1v) is 25.8. The molecule has 0 N–H and O–H groups in total. The second kappa shape index (κ2) is 23.1. The second-order valence-corrected chi connectivity index (χ2v) is 19.7. The number of nitriles is 4. The van der Waals surface area contributed by atoms with Gasteiger partial charge in [-0.25, -0.2) is 22.5 Å². The third-order valence-corrected chi connectivity index (χ3v) is 15.2. The minimum absolute atomic E-state index is 0.154. The van der Waals surface area contributed by atoms with E-state index < -0.39 is 35.1 Å². The summed E-state index contributed by atoms with van der Waals surface area (Å²) in [5, 5.41) is 39.7. The van der Waals surface area contributed by atoms with Crippen molar-refractivity contribution in [3.05, 3.63) is 171 Å². The minimum Gasteiger partial charge on any atom is -0.368 e. The van der Waals surface area contributed by atoms with E-state index in [1.54, 1.807) is 41.4 Å². The molecule has 2 amide bonds. The van der Waals surface area contributed by atoms with Gasteiger partial charge < -0.3 is 29.4 Å². The fourth-order valence-electron chi connectivity index (χ4n) is 10.9. The van der Waals surface area contributed by atoms with Crippen LogP contribution in [0.5, 0.6) is 0 Å². The first kappa shape index (κ1) is 52.4. The van der Waals surface area contributed by atoms with Crippen molar-refractivity contribution >= 4 is 34.7 Å². The molecule has 0 bridgehead atoms. The van der Waals surface area contributed by atoms with Crippen molar-refractivity contribution in [1.29, 1.82) is 21.0 Å². The van der Waals surface area contributed by atoms with E-state index in [0.29, 0.717) is 137 Å². The van der Waals surface area contributed by atoms with Gasteiger partial charge in [0.05, 0.1) is 50.4 Å². The maximum atomic E-state index is 15.3. The van der Waals surface area contributed by atoms with Gasteiger partial charge in [0.25, 0.3) is 11.8 Å². The number of benzene rings is 5. The predicted octanol–water partition coefficient (Wildman–Crippen LogP) is 7.36. The van der Waals surface area contributed by atoms with Gasteiger partial charge in [-0.3, -0.25) is 19.4 Å². The van der Waals surface area contributed by atoms with Gasteiger partial charge in [0.15, 0.2) is 0 Å². The van der Waals surface area contributed by atoms with Crippen molar-refractivity contribution < 1.29 is 27.2 Å². The summed E-state index contributed by atoms with van der Waals surface area (Å²) in [6.07, 6.45) is 1.63. The SMILES string of the molecule is N#Cc1cc(-c2cnc(N3CCN(C(=O)c4cc(CN5CCN(c6ccccc6C#N)CC5)c(F)cc4F)CC3)c(C#N)c2)ccc1N1CCN(Cc2cc(C(=O)N3CCN(c4ccccc4C#N)CC3)c(F)cc2F)CC1. The summed E-state index contributed by atoms with van der Waals surface area (Å²) in [6, 6.07) is 34.9. The van der Waals surface area contributed by atoms with Crippen LogP contribution in [0.25, 0.3) is 11.1 Å². The number of anilines is 4. The number of amides is 2. The average molecular weight is 1050 g/mol. The molecule has 4 aliphatic heterocycles. The van der Waals surface area contributed by atoms with Crippen molar-refractivity contribution in [3.63, 3.8) is 0 Å². The summed E-state index contributed by atoms with van der Waals surface area (Å²) in [5.41, 5.74) is 5.48. The van der Waals surface area contributed by atoms with Gasteiger partial charge in [-0.2, -0.15) is 21.0 Å². The van der Waals surface area contributed by atoms with Crippen LogP contribution in [0, 0.1) is 68.6 Å². The molecular weight excluding hydrogens is 999 g/mol. The number of carbonyl (C=O) groups is 2. The van der Waals surface area contributed by atoms with Crippen LogP contribution in [0.2, 0.25) is 0 Å². The average Bonchev–Trinajstić information content (AvgIpc) is 3.48. The van der Waals surface area contributed by atoms with E-state index in [1.807, 2.05) is 62.1 Å². The van der Waals surface area contributed by atoms with Crippen molar-refractivity contribution in [3.8, 4) is 35.4 Å². The third-order valence-electron chi connectivity index (χ3n) is 15.2. The lowest BCUT2D eigenvalue weighted by Crippen LogP contribution is -2.49. The lowest BCUT2D eigenvalue weighted by Gasteiger charge is -2.37. The monoisotopic (exact) mass is 1050 g/mol. The normalized spacial score (nSPS) is 16.3. The predicted molar refractivity (Wildman–Crippen MR) is 285 cm³/mol. The van der Waals surface area contributed by atoms with Gasteiger partial charge in [0.2, 0.25) is 0 Å². The highest BCUT2D eigenvalue weighted by Gasteiger charge is 2.31. The number of hydrogen-bond acceptors (Lipinski definition) is 13. The maximum Gasteiger partial charge on any atom is 0.256 e. The zero-order valence-corrected chi connectivity index (χ0v) is 42.7. The van der Waals surface area contributed by atoms with Crippen LogP contribution in [-0.2, 0) is 13.1 Å². The minimum atomic E-state index is -0.938. The molecule has 4 saturated heterocycles. The lowest BCUT2D eigenvalue weighted by molar-refractivity contribution is 0.0733. The van der Waals surface area contributed by atoms with Crippen LogP contribution in [0.1, 0.15) is 54.1 Å². The number of pyridine rings is 1. The number of carbonyl (C=O) groups excluding carboxylic acids is 2. The number of aromatic nitrogens is 1. The fraction of sp³-hybridized carbons (Fsp3) is 0.305. The molecule has 19 heteroatoms. The Kier molecular flexibility index (Phi) is 15.5. The van der Waals surface area contributed by atoms with Crippen LogP contribution in [0.3, 0.4) is 0 Å². The zero-order chi connectivity index (χ0) is 54.5. The van der Waals surface area contributed by atoms with Crippen molar-refractivity contribution in [2.24, 2.45) is 0 Å². The Bertz CT molecular complexity index is 3440. The molecule has 0 spiro atoms. The largest absolute Gasteiger partial charge is 0.368 e. The molecule has 4 fully saturated rings. The zero-order valence-electron chi connectivity index (χ0n) is 42.7. The molecule has 78 heavy (non-hydrogen) atoms. The number of piperazine rings is 4. The number of para-hydroxylation sites is 2. The number of nitrogens with zero attached hydrogens (tertiary/aromatic N) is 13. The summed E-state index contributed by atoms with van der Waals surface area (Å²) in [6.45, 7) is 7.35. The second-order valence-electron chi connectivity index (χ2n) is 19.7. The molecule has 5 aromatic carbocycles. The topological polar surface area (TPSA) is 168 Å². The highest BCUT2D eigenvalue weighted by Crippen LogP contribution is 2.32. The molecule has 15 nitrogen and oxygen atoms in total. The Morgan fingerprint density at radius 1 is 0.423 bits per heavy atom. The molecule has 0 atom stereocenters. The van der Waals surface area contributed by atoms with E-state index in [1.165, 1.54) is 17.0 Å². The first-order valence-electron chi connectivity index (χ1n) is 25.8. The number of halogens is 4. The van der Waals surface area contributed by atoms with E-state index in [9.17, 15) is 30.6 Å². The summed E-state index contributed by atoms with van der Waals surface area (Å²) in [4.78, 5) is 47.3. The van der Waals surface area contributed by atoms with Gasteiger partial charge in [0.1, 0.15) is 53.4 Å². The van der Waals surface area contributed by atoms with Crippen LogP contribution in [0.15, 0.2) is 103 Å². The van der Waals surface area contributed by atoms with Gasteiger partial charge in [-0.15, -0.1) is 0 Å². The Morgan fingerprint density at radius 2 is 0.821 bits per heavy atom. The summed E-state index contributed by atoms with van der Waals surface area (Å²) < 4.78 is 60.9. The molecule has 0 radical (unpaired) electrons. The lowest BCUT2D eigenvalue weighted by atomic mass is 10.0. The fourth-order valence-corrected chi connectivity index (χ4v) is 10.9. The quantitative estimate of drug-likeness (QED) is 0.118. The molecule has 10 rings (SSSR count). The van der Waals surface area contributed by atoms with E-state index in [2.05, 4.69) is 39.1 Å². The Labute approximate surface area is 449 Å². The van der Waals surface area contributed by atoms with E-state index >= 15 is 17.6 Å². The Balaban J connectivity index is 0.727. The molecule has 394 valence electrons. The molecule has 0 saturated carbocycles. The summed E-state index contributed by atoms with van der Waals surface area (Å²) in [5.74, 6) is -3.97.